The van der Waals surface area contributed by atoms with Crippen molar-refractivity contribution in [2.24, 2.45) is 16.1 Å². The number of hydrogen-bond acceptors (Lipinski definition) is 3. The number of benzene rings is 2. The first-order valence-electron chi connectivity index (χ1n) is 9.15. The van der Waals surface area contributed by atoms with Crippen molar-refractivity contribution in [1.82, 2.24) is 0 Å². The second-order valence-corrected chi connectivity index (χ2v) is 7.47. The monoisotopic (exact) mass is 351 g/mol. The van der Waals surface area contributed by atoms with E-state index in [-0.39, 0.29) is 5.41 Å². The number of rotatable bonds is 3. The molecule has 0 saturated heterocycles. The van der Waals surface area contributed by atoms with Gasteiger partial charge in [-0.15, -0.1) is 0 Å². The molecule has 5 nitrogen and oxygen atoms in total. The van der Waals surface area contributed by atoms with Gasteiger partial charge in [0.25, 0.3) is 0 Å². The summed E-state index contributed by atoms with van der Waals surface area (Å²) in [6.45, 7) is 4.33. The second-order valence-electron chi connectivity index (χ2n) is 7.47. The summed E-state index contributed by atoms with van der Waals surface area (Å²) in [6.07, 6.45) is 2.98. The van der Waals surface area contributed by atoms with Gasteiger partial charge < -0.3 is 20.5 Å². The van der Waals surface area contributed by atoms with Crippen LogP contribution in [0, 0.1) is 5.41 Å². The average molecular weight is 351 g/mol. The summed E-state index contributed by atoms with van der Waals surface area (Å²) < 4.78 is 11.4. The number of hydrogen-bond donors (Lipinski definition) is 2. The minimum absolute atomic E-state index is 0.126. The van der Waals surface area contributed by atoms with Crippen molar-refractivity contribution in [2.75, 3.05) is 25.1 Å². The van der Waals surface area contributed by atoms with Gasteiger partial charge >= 0.3 is 0 Å². The maximum absolute atomic E-state index is 6.12. The molecule has 2 aliphatic rings. The van der Waals surface area contributed by atoms with Crippen LogP contribution in [0.15, 0.2) is 47.5 Å². The lowest BCUT2D eigenvalue weighted by molar-refractivity contribution is 0.297. The summed E-state index contributed by atoms with van der Waals surface area (Å²) in [5.74, 6) is 1.95. The van der Waals surface area contributed by atoms with E-state index in [4.69, 9.17) is 15.2 Å². The Morgan fingerprint density at radius 1 is 1.08 bits per heavy atom. The lowest BCUT2D eigenvalue weighted by atomic mass is 9.87. The number of nitrogens with zero attached hydrogens (tertiary/aromatic N) is 1. The predicted molar refractivity (Wildman–Crippen MR) is 104 cm³/mol. The van der Waals surface area contributed by atoms with Crippen molar-refractivity contribution in [3.05, 3.63) is 53.6 Å². The Morgan fingerprint density at radius 3 is 2.50 bits per heavy atom. The molecule has 26 heavy (non-hydrogen) atoms. The highest BCUT2D eigenvalue weighted by Crippen LogP contribution is 2.37. The van der Waals surface area contributed by atoms with Crippen molar-refractivity contribution >= 4 is 11.6 Å². The first-order valence-corrected chi connectivity index (χ1v) is 9.15. The Morgan fingerprint density at radius 2 is 1.77 bits per heavy atom. The molecule has 136 valence electrons. The van der Waals surface area contributed by atoms with Gasteiger partial charge in [-0.25, -0.2) is 0 Å². The first-order chi connectivity index (χ1) is 12.6. The van der Waals surface area contributed by atoms with Crippen molar-refractivity contribution < 1.29 is 9.47 Å². The van der Waals surface area contributed by atoms with Gasteiger partial charge in [0.05, 0.1) is 13.2 Å². The van der Waals surface area contributed by atoms with Crippen LogP contribution in [-0.2, 0) is 12.8 Å². The smallest absolute Gasteiger partial charge is 0.193 e. The zero-order chi connectivity index (χ0) is 18.0. The van der Waals surface area contributed by atoms with Crippen molar-refractivity contribution in [3.63, 3.8) is 0 Å². The summed E-state index contributed by atoms with van der Waals surface area (Å²) in [5, 5.41) is 3.17. The Balaban J connectivity index is 1.41. The molecule has 4 rings (SSSR count). The molecule has 0 fully saturated rings. The average Bonchev–Trinajstić information content (AvgIpc) is 2.80. The fraction of sp³-hybridized carbons (Fsp3) is 0.381. The number of fused-ring (bicyclic) bond motifs is 2. The van der Waals surface area contributed by atoms with Gasteiger partial charge in [0.1, 0.15) is 0 Å². The van der Waals surface area contributed by atoms with Gasteiger partial charge in [-0.2, -0.15) is 0 Å². The molecular weight excluding hydrogens is 326 g/mol. The molecule has 0 saturated carbocycles. The molecule has 0 bridgehead atoms. The zero-order valence-corrected chi connectivity index (χ0v) is 15.1. The van der Waals surface area contributed by atoms with Crippen LogP contribution in [0.1, 0.15) is 24.5 Å². The van der Waals surface area contributed by atoms with Crippen LogP contribution in [0.25, 0.3) is 0 Å². The van der Waals surface area contributed by atoms with Gasteiger partial charge in [-0.1, -0.05) is 31.2 Å². The summed E-state index contributed by atoms with van der Waals surface area (Å²) in [5.41, 5.74) is 9.96. The lowest BCUT2D eigenvalue weighted by Gasteiger charge is -2.21. The maximum atomic E-state index is 6.12. The number of ether oxygens (including phenoxy) is 2. The quantitative estimate of drug-likeness (QED) is 0.657. The van der Waals surface area contributed by atoms with E-state index in [2.05, 4.69) is 41.5 Å². The second kappa shape index (κ2) is 6.90. The van der Waals surface area contributed by atoms with E-state index in [1.165, 1.54) is 11.1 Å². The van der Waals surface area contributed by atoms with E-state index in [1.807, 2.05) is 18.2 Å². The summed E-state index contributed by atoms with van der Waals surface area (Å²) >= 11 is 0. The third-order valence-corrected chi connectivity index (χ3v) is 5.00. The Bertz CT molecular complexity index is 807. The standard InChI is InChI=1S/C21H25N3O2/c1-21(12-15-5-2-3-6-16(15)13-21)14-23-20(22)24-17-7-8-18-19(11-17)26-10-4-9-25-18/h2-3,5-8,11H,4,9-10,12-14H2,1H3,(H3,22,23,24). The number of guanidine groups is 1. The molecule has 5 heteroatoms. The largest absolute Gasteiger partial charge is 0.490 e. The molecule has 1 aliphatic heterocycles. The molecule has 0 amide bonds. The summed E-state index contributed by atoms with van der Waals surface area (Å²) in [4.78, 5) is 4.60. The molecule has 0 atom stereocenters. The van der Waals surface area contributed by atoms with Gasteiger partial charge in [-0.05, 0) is 41.5 Å². The van der Waals surface area contributed by atoms with Crippen molar-refractivity contribution in [3.8, 4) is 11.5 Å². The van der Waals surface area contributed by atoms with Gasteiger partial charge in [0.2, 0.25) is 0 Å². The summed E-state index contributed by atoms with van der Waals surface area (Å²) in [6, 6.07) is 14.4. The maximum Gasteiger partial charge on any atom is 0.193 e. The Kier molecular flexibility index (Phi) is 4.45. The predicted octanol–water partition coefficient (Wildman–Crippen LogP) is 3.38. The van der Waals surface area contributed by atoms with Crippen LogP contribution in [0.4, 0.5) is 5.69 Å². The van der Waals surface area contributed by atoms with Crippen LogP contribution in [0.3, 0.4) is 0 Å². The number of anilines is 1. The number of aliphatic imine (C=N–C) groups is 1. The molecular formula is C21H25N3O2. The highest BCUT2D eigenvalue weighted by Gasteiger charge is 2.32. The minimum Gasteiger partial charge on any atom is -0.490 e. The fourth-order valence-corrected chi connectivity index (χ4v) is 3.70. The van der Waals surface area contributed by atoms with E-state index >= 15 is 0 Å². The topological polar surface area (TPSA) is 68.9 Å². The number of nitrogens with two attached hydrogens (primary N) is 1. The third kappa shape index (κ3) is 3.62. The van der Waals surface area contributed by atoms with E-state index in [0.29, 0.717) is 25.7 Å². The molecule has 1 aliphatic carbocycles. The molecule has 0 aromatic heterocycles. The molecule has 0 unspecified atom stereocenters. The molecule has 0 radical (unpaired) electrons. The van der Waals surface area contributed by atoms with Crippen molar-refractivity contribution in [1.29, 1.82) is 0 Å². The van der Waals surface area contributed by atoms with E-state index in [0.717, 1.165) is 36.4 Å². The highest BCUT2D eigenvalue weighted by molar-refractivity contribution is 5.92. The van der Waals surface area contributed by atoms with Gasteiger partial charge in [0.15, 0.2) is 17.5 Å². The zero-order valence-electron chi connectivity index (χ0n) is 15.1. The molecule has 2 aromatic carbocycles. The van der Waals surface area contributed by atoms with E-state index in [9.17, 15) is 0 Å². The van der Waals surface area contributed by atoms with Crippen LogP contribution in [-0.4, -0.2) is 25.7 Å². The number of nitrogens with one attached hydrogen (secondary N) is 1. The van der Waals surface area contributed by atoms with Gasteiger partial charge in [-0.3, -0.25) is 4.99 Å². The highest BCUT2D eigenvalue weighted by atomic mass is 16.5. The van der Waals surface area contributed by atoms with Crippen LogP contribution >= 0.6 is 0 Å². The van der Waals surface area contributed by atoms with Crippen LogP contribution < -0.4 is 20.5 Å². The van der Waals surface area contributed by atoms with Crippen LogP contribution in [0.2, 0.25) is 0 Å². The molecule has 1 heterocycles. The molecule has 2 aromatic rings. The van der Waals surface area contributed by atoms with Gasteiger partial charge in [0, 0.05) is 24.7 Å². The lowest BCUT2D eigenvalue weighted by Crippen LogP contribution is -2.27. The molecule has 0 spiro atoms. The first kappa shape index (κ1) is 16.8. The third-order valence-electron chi connectivity index (χ3n) is 5.00. The van der Waals surface area contributed by atoms with Crippen LogP contribution in [0.5, 0.6) is 11.5 Å². The Hall–Kier alpha value is -2.69. The summed E-state index contributed by atoms with van der Waals surface area (Å²) in [7, 11) is 0. The fourth-order valence-electron chi connectivity index (χ4n) is 3.70. The normalized spacial score (nSPS) is 18.1. The van der Waals surface area contributed by atoms with Crippen molar-refractivity contribution in [2.45, 2.75) is 26.2 Å². The molecule has 3 N–H and O–H groups in total. The minimum atomic E-state index is 0.126. The van der Waals surface area contributed by atoms with E-state index < -0.39 is 0 Å². The SMILES string of the molecule is CC1(CN=C(N)Nc2ccc3c(c2)OCCCO3)Cc2ccccc2C1. The van der Waals surface area contributed by atoms with E-state index in [1.54, 1.807) is 0 Å². The Labute approximate surface area is 154 Å².